The maximum Gasteiger partial charge on any atom is 0.172 e. The maximum absolute atomic E-state index is 11.7. The Morgan fingerprint density at radius 1 is 1.22 bits per heavy atom. The number of ketones is 1. The molecule has 94 valence electrons. The summed E-state index contributed by atoms with van der Waals surface area (Å²) in [6, 6.07) is 11.7. The molecule has 0 aliphatic carbocycles. The number of hydrogen-bond acceptors (Lipinski definition) is 3. The molecule has 0 atom stereocenters. The fraction of sp³-hybridized carbons (Fsp3) is 0.267. The minimum atomic E-state index is 0.206. The Morgan fingerprint density at radius 3 is 2.67 bits per heavy atom. The molecule has 0 fully saturated rings. The Labute approximate surface area is 111 Å². The lowest BCUT2D eigenvalue weighted by atomic mass is 10.2. The zero-order chi connectivity index (χ0) is 12.8. The van der Waals surface area contributed by atoms with Crippen molar-refractivity contribution in [2.45, 2.75) is 19.8 Å². The summed E-state index contributed by atoms with van der Waals surface area (Å²) in [7, 11) is 0. The molecule has 3 heteroatoms. The number of thiophene rings is 1. The summed E-state index contributed by atoms with van der Waals surface area (Å²) in [6.07, 6.45) is 1.30. The van der Waals surface area contributed by atoms with Gasteiger partial charge in [-0.1, -0.05) is 23.8 Å². The molecule has 0 aliphatic rings. The Balaban J connectivity index is 1.70. The van der Waals surface area contributed by atoms with E-state index in [2.05, 4.69) is 0 Å². The third-order valence-electron chi connectivity index (χ3n) is 2.63. The van der Waals surface area contributed by atoms with Crippen LogP contribution in [-0.2, 0) is 0 Å². The molecule has 0 aliphatic heterocycles. The van der Waals surface area contributed by atoms with E-state index in [1.807, 2.05) is 48.7 Å². The predicted molar refractivity (Wildman–Crippen MR) is 74.6 cm³/mol. The van der Waals surface area contributed by atoms with Gasteiger partial charge in [0, 0.05) is 6.42 Å². The second kappa shape index (κ2) is 6.36. The quantitative estimate of drug-likeness (QED) is 0.577. The molecule has 2 nitrogen and oxygen atoms in total. The Hall–Kier alpha value is -1.61. The summed E-state index contributed by atoms with van der Waals surface area (Å²) in [4.78, 5) is 12.6. The van der Waals surface area contributed by atoms with Crippen LogP contribution in [-0.4, -0.2) is 12.4 Å². The molecule has 1 heterocycles. The van der Waals surface area contributed by atoms with Crippen molar-refractivity contribution in [1.29, 1.82) is 0 Å². The van der Waals surface area contributed by atoms with Crippen molar-refractivity contribution in [3.63, 3.8) is 0 Å². The number of aryl methyl sites for hydroxylation is 1. The van der Waals surface area contributed by atoms with Gasteiger partial charge in [-0.3, -0.25) is 4.79 Å². The van der Waals surface area contributed by atoms with Crippen molar-refractivity contribution < 1.29 is 9.53 Å². The van der Waals surface area contributed by atoms with Crippen molar-refractivity contribution in [3.8, 4) is 5.75 Å². The normalized spacial score (nSPS) is 10.3. The molecule has 0 radical (unpaired) electrons. The van der Waals surface area contributed by atoms with Gasteiger partial charge in [-0.05, 0) is 36.9 Å². The second-order valence-corrected chi connectivity index (χ2v) is 5.11. The zero-order valence-corrected chi connectivity index (χ0v) is 11.2. The average Bonchev–Trinajstić information content (AvgIpc) is 2.90. The van der Waals surface area contributed by atoms with E-state index in [1.54, 1.807) is 0 Å². The molecule has 2 rings (SSSR count). The molecule has 2 aromatic rings. The van der Waals surface area contributed by atoms with Crippen LogP contribution in [0.4, 0.5) is 0 Å². The number of carbonyl (C=O) groups excluding carboxylic acids is 1. The third kappa shape index (κ3) is 3.70. The van der Waals surface area contributed by atoms with Crippen LogP contribution in [0.15, 0.2) is 41.8 Å². The molecule has 0 spiro atoms. The van der Waals surface area contributed by atoms with Gasteiger partial charge in [-0.2, -0.15) is 0 Å². The topological polar surface area (TPSA) is 26.3 Å². The molecular weight excluding hydrogens is 244 g/mol. The highest BCUT2D eigenvalue weighted by atomic mass is 32.1. The van der Waals surface area contributed by atoms with Gasteiger partial charge >= 0.3 is 0 Å². The van der Waals surface area contributed by atoms with Gasteiger partial charge in [0.05, 0.1) is 11.5 Å². The predicted octanol–water partition coefficient (Wildman–Crippen LogP) is 4.10. The number of ether oxygens (including phenoxy) is 1. The minimum absolute atomic E-state index is 0.206. The lowest BCUT2D eigenvalue weighted by Gasteiger charge is -2.05. The van der Waals surface area contributed by atoms with E-state index in [0.717, 1.165) is 17.0 Å². The molecule has 1 aromatic heterocycles. The van der Waals surface area contributed by atoms with Crippen molar-refractivity contribution in [2.75, 3.05) is 6.61 Å². The van der Waals surface area contributed by atoms with Gasteiger partial charge < -0.3 is 4.74 Å². The summed E-state index contributed by atoms with van der Waals surface area (Å²) >= 11 is 1.50. The van der Waals surface area contributed by atoms with Crippen LogP contribution in [0.5, 0.6) is 5.75 Å². The summed E-state index contributed by atoms with van der Waals surface area (Å²) in [5, 5.41) is 1.93. The standard InChI is InChI=1S/C15H16O2S/c1-12-6-8-13(9-7-12)17-10-2-4-14(16)15-5-3-11-18-15/h3,5-9,11H,2,4,10H2,1H3. The van der Waals surface area contributed by atoms with Gasteiger partial charge in [-0.15, -0.1) is 11.3 Å². The second-order valence-electron chi connectivity index (χ2n) is 4.17. The van der Waals surface area contributed by atoms with Crippen molar-refractivity contribution >= 4 is 17.1 Å². The molecule has 1 aromatic carbocycles. The number of benzene rings is 1. The van der Waals surface area contributed by atoms with Gasteiger partial charge in [-0.25, -0.2) is 0 Å². The Bertz CT molecular complexity index is 486. The number of rotatable bonds is 6. The van der Waals surface area contributed by atoms with Crippen LogP contribution >= 0.6 is 11.3 Å². The molecular formula is C15H16O2S. The van der Waals surface area contributed by atoms with Crippen molar-refractivity contribution in [3.05, 3.63) is 52.2 Å². The summed E-state index contributed by atoms with van der Waals surface area (Å²) < 4.78 is 5.58. The molecule has 0 unspecified atom stereocenters. The van der Waals surface area contributed by atoms with E-state index in [4.69, 9.17) is 4.74 Å². The van der Waals surface area contributed by atoms with Crippen LogP contribution in [0.3, 0.4) is 0 Å². The highest BCUT2D eigenvalue weighted by molar-refractivity contribution is 7.12. The van der Waals surface area contributed by atoms with E-state index in [-0.39, 0.29) is 5.78 Å². The zero-order valence-electron chi connectivity index (χ0n) is 10.4. The van der Waals surface area contributed by atoms with Gasteiger partial charge in [0.2, 0.25) is 0 Å². The van der Waals surface area contributed by atoms with Gasteiger partial charge in [0.1, 0.15) is 5.75 Å². The summed E-state index contributed by atoms with van der Waals surface area (Å²) in [6.45, 7) is 2.63. The van der Waals surface area contributed by atoms with E-state index >= 15 is 0 Å². The molecule has 0 saturated heterocycles. The van der Waals surface area contributed by atoms with Crippen LogP contribution in [0, 0.1) is 6.92 Å². The molecule has 0 N–H and O–H groups in total. The van der Waals surface area contributed by atoms with Crippen molar-refractivity contribution in [2.24, 2.45) is 0 Å². The minimum Gasteiger partial charge on any atom is -0.494 e. The monoisotopic (exact) mass is 260 g/mol. The first-order valence-electron chi connectivity index (χ1n) is 6.02. The Morgan fingerprint density at radius 2 is 2.00 bits per heavy atom. The molecule has 0 saturated carbocycles. The summed E-state index contributed by atoms with van der Waals surface area (Å²) in [5.41, 5.74) is 1.22. The lowest BCUT2D eigenvalue weighted by molar-refractivity contribution is 0.0977. The van der Waals surface area contributed by atoms with Crippen LogP contribution in [0.25, 0.3) is 0 Å². The van der Waals surface area contributed by atoms with E-state index in [9.17, 15) is 4.79 Å². The number of carbonyl (C=O) groups is 1. The lowest BCUT2D eigenvalue weighted by Crippen LogP contribution is -2.02. The van der Waals surface area contributed by atoms with Crippen molar-refractivity contribution in [1.82, 2.24) is 0 Å². The number of Topliss-reactive ketones (excluding diaryl/α,β-unsaturated/α-hetero) is 1. The molecule has 0 amide bonds. The fourth-order valence-electron chi connectivity index (χ4n) is 1.62. The SMILES string of the molecule is Cc1ccc(OCCCC(=O)c2cccs2)cc1. The third-order valence-corrected chi connectivity index (χ3v) is 3.54. The van der Waals surface area contributed by atoms with Crippen LogP contribution in [0.2, 0.25) is 0 Å². The smallest absolute Gasteiger partial charge is 0.172 e. The largest absolute Gasteiger partial charge is 0.494 e. The molecule has 18 heavy (non-hydrogen) atoms. The fourth-order valence-corrected chi connectivity index (χ4v) is 2.31. The highest BCUT2D eigenvalue weighted by Crippen LogP contribution is 2.14. The Kier molecular flexibility index (Phi) is 4.53. The van der Waals surface area contributed by atoms with E-state index < -0.39 is 0 Å². The van der Waals surface area contributed by atoms with Gasteiger partial charge in [0.25, 0.3) is 0 Å². The first-order chi connectivity index (χ1) is 8.75. The highest BCUT2D eigenvalue weighted by Gasteiger charge is 2.06. The van der Waals surface area contributed by atoms with Gasteiger partial charge in [0.15, 0.2) is 5.78 Å². The van der Waals surface area contributed by atoms with Crippen LogP contribution < -0.4 is 4.74 Å². The molecule has 0 bridgehead atoms. The summed E-state index contributed by atoms with van der Waals surface area (Å²) in [5.74, 6) is 1.07. The first kappa shape index (κ1) is 12.8. The maximum atomic E-state index is 11.7. The number of hydrogen-bond donors (Lipinski definition) is 0. The van der Waals surface area contributed by atoms with E-state index in [0.29, 0.717) is 13.0 Å². The van der Waals surface area contributed by atoms with E-state index in [1.165, 1.54) is 16.9 Å². The average molecular weight is 260 g/mol. The van der Waals surface area contributed by atoms with Crippen LogP contribution in [0.1, 0.15) is 28.1 Å². The first-order valence-corrected chi connectivity index (χ1v) is 6.90.